The Morgan fingerprint density at radius 2 is 1.48 bits per heavy atom. The zero-order valence-electron chi connectivity index (χ0n) is 23.4. The molecule has 1 aliphatic carbocycles. The highest BCUT2D eigenvalue weighted by molar-refractivity contribution is 6.05. The van der Waals surface area contributed by atoms with Crippen molar-refractivity contribution in [2.24, 2.45) is 0 Å². The topological polar surface area (TPSA) is 128 Å². The number of esters is 2. The fourth-order valence-corrected chi connectivity index (χ4v) is 5.62. The molecule has 5 rings (SSSR count). The number of piperidine rings is 2. The Labute approximate surface area is 233 Å². The lowest BCUT2D eigenvalue weighted by Crippen LogP contribution is -2.33. The van der Waals surface area contributed by atoms with Crippen molar-refractivity contribution in [3.63, 3.8) is 0 Å². The number of nitrogen functional groups attached to an aromatic ring is 1. The van der Waals surface area contributed by atoms with Crippen molar-refractivity contribution in [2.45, 2.75) is 52.4 Å². The van der Waals surface area contributed by atoms with E-state index in [-0.39, 0.29) is 52.6 Å². The van der Waals surface area contributed by atoms with Gasteiger partial charge in [-0.1, -0.05) is 18.9 Å². The van der Waals surface area contributed by atoms with Crippen LogP contribution in [0.3, 0.4) is 0 Å². The Bertz CT molecular complexity index is 1420. The van der Waals surface area contributed by atoms with Gasteiger partial charge in [0.2, 0.25) is 5.43 Å². The van der Waals surface area contributed by atoms with E-state index in [2.05, 4.69) is 9.80 Å². The summed E-state index contributed by atoms with van der Waals surface area (Å²) in [5.41, 5.74) is 7.15. The number of hydrogen-bond acceptors (Lipinski definition) is 10. The molecule has 3 aliphatic heterocycles. The zero-order chi connectivity index (χ0) is 28.2. The highest BCUT2D eigenvalue weighted by atomic mass is 16.5. The standard InChI is InChI=1S/C30H38N4O6/c1-19-9-10-21(29(36)38-17-15-33-11-5-3-6-12-33)24-27(19)40-28-20(2)26(35)23(31)22(25(28)32-24)30(37)39-18-16-34-13-7-4-8-14-34/h9-10H,3-8,11-18,31H2,1-2H3. The van der Waals surface area contributed by atoms with Gasteiger partial charge in [-0.2, -0.15) is 0 Å². The summed E-state index contributed by atoms with van der Waals surface area (Å²) in [6, 6.07) is 3.39. The molecule has 0 spiro atoms. The minimum atomic E-state index is -0.739. The number of carbonyl (C=O) groups excluding carboxylic acids is 2. The first-order valence-corrected chi connectivity index (χ1v) is 14.3. The lowest BCUT2D eigenvalue weighted by molar-refractivity contribution is 0.0446. The fraction of sp³-hybridized carbons (Fsp3) is 0.533. The Morgan fingerprint density at radius 1 is 0.900 bits per heavy atom. The van der Waals surface area contributed by atoms with Gasteiger partial charge in [-0.05, 0) is 77.3 Å². The van der Waals surface area contributed by atoms with Crippen LogP contribution in [-0.4, -0.2) is 79.2 Å². The van der Waals surface area contributed by atoms with E-state index in [1.165, 1.54) is 12.8 Å². The number of rotatable bonds is 8. The molecule has 3 heterocycles. The van der Waals surface area contributed by atoms with Crippen molar-refractivity contribution in [3.8, 4) is 11.5 Å². The Morgan fingerprint density at radius 3 is 2.08 bits per heavy atom. The van der Waals surface area contributed by atoms with Crippen molar-refractivity contribution in [2.75, 3.05) is 58.2 Å². The van der Waals surface area contributed by atoms with Crippen LogP contribution in [0.5, 0.6) is 0 Å². The summed E-state index contributed by atoms with van der Waals surface area (Å²) in [7, 11) is 0. The fourth-order valence-electron chi connectivity index (χ4n) is 5.62. The monoisotopic (exact) mass is 550 g/mol. The number of hydrogen-bond donors (Lipinski definition) is 1. The average Bonchev–Trinajstić information content (AvgIpc) is 2.97. The van der Waals surface area contributed by atoms with Gasteiger partial charge in [0.25, 0.3) is 0 Å². The minimum absolute atomic E-state index is 0.0954. The maximum atomic E-state index is 13.3. The number of benzene rings is 2. The van der Waals surface area contributed by atoms with Crippen molar-refractivity contribution >= 4 is 28.7 Å². The molecule has 1 aromatic carbocycles. The number of aromatic nitrogens is 1. The molecule has 2 N–H and O–H groups in total. The summed E-state index contributed by atoms with van der Waals surface area (Å²) in [5, 5.41) is 0. The van der Waals surface area contributed by atoms with Gasteiger partial charge in [0.15, 0.2) is 11.3 Å². The maximum Gasteiger partial charge on any atom is 0.342 e. The van der Waals surface area contributed by atoms with Crippen LogP contribution in [0.25, 0.3) is 22.6 Å². The van der Waals surface area contributed by atoms with Crippen molar-refractivity contribution < 1.29 is 23.5 Å². The van der Waals surface area contributed by atoms with Gasteiger partial charge in [0.05, 0.1) is 11.3 Å². The summed E-state index contributed by atoms with van der Waals surface area (Å²) < 4.78 is 17.3. The van der Waals surface area contributed by atoms with E-state index in [1.54, 1.807) is 19.1 Å². The van der Waals surface area contributed by atoms with Crippen LogP contribution in [0, 0.1) is 13.8 Å². The van der Waals surface area contributed by atoms with E-state index in [9.17, 15) is 14.4 Å². The van der Waals surface area contributed by atoms with Crippen LogP contribution < -0.4 is 11.2 Å². The van der Waals surface area contributed by atoms with Crippen molar-refractivity contribution in [3.05, 3.63) is 44.6 Å². The van der Waals surface area contributed by atoms with E-state index < -0.39 is 17.4 Å². The number of nitrogens with two attached hydrogens (primary N) is 1. The molecule has 214 valence electrons. The zero-order valence-corrected chi connectivity index (χ0v) is 23.4. The maximum absolute atomic E-state index is 13.3. The smallest absolute Gasteiger partial charge is 0.342 e. The van der Waals surface area contributed by atoms with Gasteiger partial charge in [0, 0.05) is 18.7 Å². The third-order valence-corrected chi connectivity index (χ3v) is 8.01. The van der Waals surface area contributed by atoms with Gasteiger partial charge in [0.1, 0.15) is 30.0 Å². The molecule has 0 atom stereocenters. The molecule has 40 heavy (non-hydrogen) atoms. The van der Waals surface area contributed by atoms with E-state index in [1.807, 2.05) is 6.92 Å². The van der Waals surface area contributed by atoms with Gasteiger partial charge in [-0.15, -0.1) is 0 Å². The molecule has 0 bridgehead atoms. The van der Waals surface area contributed by atoms with Crippen LogP contribution in [0.15, 0.2) is 21.3 Å². The van der Waals surface area contributed by atoms with Gasteiger partial charge in [-0.25, -0.2) is 14.6 Å². The number of likely N-dealkylation sites (tertiary alicyclic amines) is 2. The molecule has 10 nitrogen and oxygen atoms in total. The molecule has 1 aromatic rings. The summed E-state index contributed by atoms with van der Waals surface area (Å²) >= 11 is 0. The second-order valence-corrected chi connectivity index (χ2v) is 10.8. The number of anilines is 1. The number of aryl methyl sites for hydroxylation is 1. The predicted octanol–water partition coefficient (Wildman–Crippen LogP) is 3.78. The number of carbonyl (C=O) groups is 2. The van der Waals surface area contributed by atoms with Crippen molar-refractivity contribution in [1.82, 2.24) is 14.8 Å². The lowest BCUT2D eigenvalue weighted by atomic mass is 10.0. The third-order valence-electron chi connectivity index (χ3n) is 8.01. The highest BCUT2D eigenvalue weighted by Crippen LogP contribution is 2.35. The van der Waals surface area contributed by atoms with E-state index in [0.29, 0.717) is 18.7 Å². The van der Waals surface area contributed by atoms with Gasteiger partial charge < -0.3 is 19.6 Å². The van der Waals surface area contributed by atoms with Crippen LogP contribution in [-0.2, 0) is 9.47 Å². The first-order valence-electron chi connectivity index (χ1n) is 14.3. The summed E-state index contributed by atoms with van der Waals surface area (Å²) in [4.78, 5) is 48.6. The van der Waals surface area contributed by atoms with Crippen molar-refractivity contribution in [1.29, 1.82) is 0 Å². The molecule has 0 saturated carbocycles. The summed E-state index contributed by atoms with van der Waals surface area (Å²) in [6.45, 7) is 9.08. The summed E-state index contributed by atoms with van der Waals surface area (Å²) in [6.07, 6.45) is 7.02. The molecule has 2 saturated heterocycles. The quantitative estimate of drug-likeness (QED) is 0.251. The SMILES string of the molecule is Cc1c2oc3c(C)ccc(C(=O)OCCN4CCCCC4)c3nc-2c(C(=O)OCCN2CCCCC2)c(N)c1=O. The Hall–Kier alpha value is -3.50. The first kappa shape index (κ1) is 28.0. The lowest BCUT2D eigenvalue weighted by Gasteiger charge is -2.26. The number of ether oxygens (including phenoxy) is 2. The third kappa shape index (κ3) is 5.83. The summed E-state index contributed by atoms with van der Waals surface area (Å²) in [5.74, 6) is -1.12. The predicted molar refractivity (Wildman–Crippen MR) is 152 cm³/mol. The molecule has 4 aliphatic rings. The molecule has 0 amide bonds. The Kier molecular flexibility index (Phi) is 8.66. The second kappa shape index (κ2) is 12.3. The van der Waals surface area contributed by atoms with E-state index in [4.69, 9.17) is 24.6 Å². The van der Waals surface area contributed by atoms with Crippen LogP contribution >= 0.6 is 0 Å². The first-order chi connectivity index (χ1) is 19.3. The van der Waals surface area contributed by atoms with Crippen LogP contribution in [0.4, 0.5) is 5.69 Å². The molecule has 0 radical (unpaired) electrons. The minimum Gasteiger partial charge on any atom is -0.461 e. The highest BCUT2D eigenvalue weighted by Gasteiger charge is 2.30. The van der Waals surface area contributed by atoms with E-state index >= 15 is 0 Å². The average molecular weight is 551 g/mol. The molecular weight excluding hydrogens is 512 g/mol. The molecule has 0 aromatic heterocycles. The van der Waals surface area contributed by atoms with Gasteiger partial charge >= 0.3 is 11.9 Å². The van der Waals surface area contributed by atoms with Gasteiger partial charge in [-0.3, -0.25) is 14.6 Å². The molecular formula is C30H38N4O6. The Balaban J connectivity index is 1.45. The van der Waals surface area contributed by atoms with Crippen LogP contribution in [0.2, 0.25) is 0 Å². The second-order valence-electron chi connectivity index (χ2n) is 10.8. The number of fused-ring (bicyclic) bond motifs is 2. The molecule has 10 heteroatoms. The van der Waals surface area contributed by atoms with E-state index in [0.717, 1.165) is 57.4 Å². The normalized spacial score (nSPS) is 16.9. The largest absolute Gasteiger partial charge is 0.461 e. The molecule has 0 unspecified atom stereocenters. The van der Waals surface area contributed by atoms with Crippen LogP contribution in [0.1, 0.15) is 70.4 Å². The number of nitrogens with zero attached hydrogens (tertiary/aromatic N) is 3. The molecule has 2 fully saturated rings.